The number of thiol groups is 1. The van der Waals surface area contributed by atoms with E-state index in [9.17, 15) is 0 Å². The molecule has 1 heterocycles. The molecule has 14 heavy (non-hydrogen) atoms. The van der Waals surface area contributed by atoms with Gasteiger partial charge in [-0.25, -0.2) is 0 Å². The first-order valence-corrected chi connectivity index (χ1v) is 5.33. The van der Waals surface area contributed by atoms with Gasteiger partial charge in [-0.05, 0) is 23.1 Å². The van der Waals surface area contributed by atoms with Gasteiger partial charge in [-0.15, -0.1) is 24.0 Å². The maximum atomic E-state index is 9.14. The Morgan fingerprint density at radius 2 is 2.36 bits per heavy atom. The van der Waals surface area contributed by atoms with Crippen LogP contribution in [0.2, 0.25) is 0 Å². The summed E-state index contributed by atoms with van der Waals surface area (Å²) in [5.41, 5.74) is 1.31. The molecule has 0 amide bonds. The fraction of sp³-hybridized carbons (Fsp3) is 0.100. The van der Waals surface area contributed by atoms with E-state index in [1.165, 1.54) is 0 Å². The summed E-state index contributed by atoms with van der Waals surface area (Å²) < 4.78 is 1.01. The van der Waals surface area contributed by atoms with Gasteiger partial charge < -0.3 is 5.11 Å². The summed E-state index contributed by atoms with van der Waals surface area (Å²) in [6, 6.07) is 5.68. The molecule has 2 rings (SSSR count). The molecule has 0 unspecified atom stereocenters. The Kier molecular flexibility index (Phi) is 2.46. The van der Waals surface area contributed by atoms with Crippen molar-refractivity contribution in [3.05, 3.63) is 28.6 Å². The minimum atomic E-state index is -0.0419. The van der Waals surface area contributed by atoms with E-state index in [0.717, 1.165) is 15.6 Å². The predicted molar refractivity (Wildman–Crippen MR) is 59.7 cm³/mol. The molecule has 2 aromatic rings. The molecule has 0 saturated heterocycles. The van der Waals surface area contributed by atoms with Crippen LogP contribution in [0.5, 0.6) is 0 Å². The van der Waals surface area contributed by atoms with Crippen molar-refractivity contribution in [1.82, 2.24) is 0 Å². The van der Waals surface area contributed by atoms with Crippen molar-refractivity contribution < 1.29 is 5.11 Å². The average molecular weight is 221 g/mol. The van der Waals surface area contributed by atoms with E-state index in [-0.39, 0.29) is 6.61 Å². The molecule has 0 fully saturated rings. The van der Waals surface area contributed by atoms with E-state index < -0.39 is 0 Å². The van der Waals surface area contributed by atoms with Gasteiger partial charge in [0.05, 0.1) is 12.2 Å². The predicted octanol–water partition coefficient (Wildman–Crippen LogP) is 2.55. The molecule has 4 heteroatoms. The normalized spacial score (nSPS) is 10.4. The van der Waals surface area contributed by atoms with Crippen LogP contribution in [-0.4, -0.2) is 5.11 Å². The van der Waals surface area contributed by atoms with E-state index >= 15 is 0 Å². The largest absolute Gasteiger partial charge is 0.392 e. The van der Waals surface area contributed by atoms with E-state index in [1.807, 2.05) is 11.4 Å². The van der Waals surface area contributed by atoms with Gasteiger partial charge in [0.15, 0.2) is 0 Å². The second kappa shape index (κ2) is 3.62. The molecule has 0 atom stereocenters. The minimum Gasteiger partial charge on any atom is -0.392 e. The highest BCUT2D eigenvalue weighted by Gasteiger charge is 2.09. The highest BCUT2D eigenvalue weighted by atomic mass is 32.1. The molecule has 0 radical (unpaired) electrons. The van der Waals surface area contributed by atoms with Crippen molar-refractivity contribution in [1.29, 1.82) is 5.26 Å². The molecule has 2 nitrogen and oxygen atoms in total. The lowest BCUT2D eigenvalue weighted by Crippen LogP contribution is -1.87. The smallest absolute Gasteiger partial charge is 0.100 e. The van der Waals surface area contributed by atoms with Gasteiger partial charge in [-0.3, -0.25) is 0 Å². The zero-order valence-electron chi connectivity index (χ0n) is 7.19. The highest BCUT2D eigenvalue weighted by molar-refractivity contribution is 7.80. The number of nitrogens with zero attached hydrogens (tertiary/aromatic N) is 1. The lowest BCUT2D eigenvalue weighted by atomic mass is 10.1. The number of benzene rings is 1. The summed E-state index contributed by atoms with van der Waals surface area (Å²) in [7, 11) is 0. The lowest BCUT2D eigenvalue weighted by Gasteiger charge is -2.03. The van der Waals surface area contributed by atoms with Crippen molar-refractivity contribution in [2.75, 3.05) is 0 Å². The zero-order valence-corrected chi connectivity index (χ0v) is 8.90. The maximum absolute atomic E-state index is 9.14. The molecule has 0 saturated carbocycles. The van der Waals surface area contributed by atoms with Crippen LogP contribution in [-0.2, 0) is 6.61 Å². The van der Waals surface area contributed by atoms with Crippen molar-refractivity contribution in [3.63, 3.8) is 0 Å². The zero-order chi connectivity index (χ0) is 10.1. The van der Waals surface area contributed by atoms with Crippen LogP contribution in [0.3, 0.4) is 0 Å². The Balaban J connectivity index is 2.89. The number of nitriles is 1. The topological polar surface area (TPSA) is 44.0 Å². The van der Waals surface area contributed by atoms with Gasteiger partial charge >= 0.3 is 0 Å². The van der Waals surface area contributed by atoms with Crippen LogP contribution in [0.1, 0.15) is 11.1 Å². The van der Waals surface area contributed by atoms with E-state index in [0.29, 0.717) is 10.5 Å². The molecular formula is C10H7NOS2. The Bertz CT molecular complexity index is 525. The molecule has 0 aliphatic heterocycles. The molecule has 0 aliphatic rings. The van der Waals surface area contributed by atoms with Crippen molar-refractivity contribution >= 4 is 34.1 Å². The number of hydrogen-bond donors (Lipinski definition) is 2. The van der Waals surface area contributed by atoms with Crippen molar-refractivity contribution in [2.24, 2.45) is 0 Å². The van der Waals surface area contributed by atoms with Crippen LogP contribution in [0.25, 0.3) is 10.1 Å². The summed E-state index contributed by atoms with van der Waals surface area (Å²) >= 11 is 5.85. The summed E-state index contributed by atoms with van der Waals surface area (Å²) in [6.45, 7) is -0.0419. The van der Waals surface area contributed by atoms with Crippen LogP contribution in [0, 0.1) is 11.3 Å². The molecule has 1 aromatic heterocycles. The SMILES string of the molecule is N#Cc1cc(CO)c2sccc2c1S. The molecular weight excluding hydrogens is 214 g/mol. The summed E-state index contributed by atoms with van der Waals surface area (Å²) in [6.07, 6.45) is 0. The molecule has 0 spiro atoms. The standard InChI is InChI=1S/C10H7NOS2/c11-4-6-3-7(5-12)10-8(9(6)13)1-2-14-10/h1-3,12-13H,5H2. The fourth-order valence-corrected chi connectivity index (χ4v) is 2.69. The van der Waals surface area contributed by atoms with Gasteiger partial charge in [-0.1, -0.05) is 0 Å². The molecule has 0 aliphatic carbocycles. The fourth-order valence-electron chi connectivity index (χ4n) is 1.40. The maximum Gasteiger partial charge on any atom is 0.100 e. The molecule has 70 valence electrons. The third-order valence-electron chi connectivity index (χ3n) is 2.08. The molecule has 1 aromatic carbocycles. The first-order chi connectivity index (χ1) is 6.77. The van der Waals surface area contributed by atoms with Gasteiger partial charge in [0.1, 0.15) is 6.07 Å². The van der Waals surface area contributed by atoms with Gasteiger partial charge in [0, 0.05) is 15.0 Å². The highest BCUT2D eigenvalue weighted by Crippen LogP contribution is 2.32. The number of aliphatic hydroxyl groups excluding tert-OH is 1. The van der Waals surface area contributed by atoms with Gasteiger partial charge in [0.2, 0.25) is 0 Å². The number of aliphatic hydroxyl groups is 1. The first-order valence-electron chi connectivity index (χ1n) is 4.01. The van der Waals surface area contributed by atoms with E-state index in [1.54, 1.807) is 17.4 Å². The van der Waals surface area contributed by atoms with E-state index in [4.69, 9.17) is 10.4 Å². The molecule has 1 N–H and O–H groups in total. The summed E-state index contributed by atoms with van der Waals surface area (Å²) in [5.74, 6) is 0. The summed E-state index contributed by atoms with van der Waals surface area (Å²) in [5, 5.41) is 20.9. The van der Waals surface area contributed by atoms with Crippen molar-refractivity contribution in [2.45, 2.75) is 11.5 Å². The second-order valence-corrected chi connectivity index (χ2v) is 4.23. The van der Waals surface area contributed by atoms with Crippen molar-refractivity contribution in [3.8, 4) is 6.07 Å². The Morgan fingerprint density at radius 3 is 3.00 bits per heavy atom. The minimum absolute atomic E-state index is 0.0419. The third kappa shape index (κ3) is 1.30. The van der Waals surface area contributed by atoms with Gasteiger partial charge in [0.25, 0.3) is 0 Å². The second-order valence-electron chi connectivity index (χ2n) is 2.87. The lowest BCUT2D eigenvalue weighted by molar-refractivity contribution is 0.283. The number of hydrogen-bond acceptors (Lipinski definition) is 4. The van der Waals surface area contributed by atoms with Crippen LogP contribution in [0.4, 0.5) is 0 Å². The number of rotatable bonds is 1. The van der Waals surface area contributed by atoms with Crippen LogP contribution in [0.15, 0.2) is 22.4 Å². The summed E-state index contributed by atoms with van der Waals surface area (Å²) in [4.78, 5) is 0.695. The van der Waals surface area contributed by atoms with Crippen LogP contribution >= 0.6 is 24.0 Å². The Labute approximate surface area is 90.8 Å². The Morgan fingerprint density at radius 1 is 1.57 bits per heavy atom. The first kappa shape index (κ1) is 9.53. The average Bonchev–Trinajstić information content (AvgIpc) is 2.68. The van der Waals surface area contributed by atoms with Crippen LogP contribution < -0.4 is 0 Å². The monoisotopic (exact) mass is 221 g/mol. The number of thiophene rings is 1. The third-order valence-corrected chi connectivity index (χ3v) is 3.55. The Hall–Kier alpha value is -1.02. The molecule has 0 bridgehead atoms. The van der Waals surface area contributed by atoms with E-state index in [2.05, 4.69) is 18.7 Å². The number of fused-ring (bicyclic) bond motifs is 1. The van der Waals surface area contributed by atoms with Gasteiger partial charge in [-0.2, -0.15) is 5.26 Å². The quantitative estimate of drug-likeness (QED) is 0.727.